The normalized spacial score (nSPS) is 52.9. The van der Waals surface area contributed by atoms with E-state index in [1.807, 2.05) is 0 Å². The Morgan fingerprint density at radius 3 is 2.44 bits per heavy atom. The van der Waals surface area contributed by atoms with Crippen LogP contribution in [-0.4, -0.2) is 11.2 Å². The van der Waals surface area contributed by atoms with Gasteiger partial charge in [0.25, 0.3) is 0 Å². The molecule has 0 amide bonds. The van der Waals surface area contributed by atoms with E-state index >= 15 is 0 Å². The molecule has 0 heterocycles. The van der Waals surface area contributed by atoms with Gasteiger partial charge < -0.3 is 5.11 Å². The summed E-state index contributed by atoms with van der Waals surface area (Å²) < 4.78 is 0. The molecule has 0 aliphatic heterocycles. The SMILES string of the molecule is C=C[C@@]1(CCCCC)CC[C@]2(C)C(=CCC3[C@@]4(C)C[C@@H](O)[C@H](C)[C@H](C)C4CC[C@]32C)C1C. The number of rotatable bonds is 5. The second-order valence-electron chi connectivity index (χ2n) is 13.5. The molecule has 0 aromatic carbocycles. The Bertz CT molecular complexity index is 752. The molecule has 0 spiro atoms. The molecule has 0 aromatic heterocycles. The molecule has 4 rings (SSSR count). The number of unbranched alkanes of at least 4 members (excludes halogenated alkanes) is 2. The second kappa shape index (κ2) is 8.28. The molecule has 3 fully saturated rings. The van der Waals surface area contributed by atoms with Crippen molar-refractivity contribution < 1.29 is 5.11 Å². The van der Waals surface area contributed by atoms with Crippen LogP contribution in [0.25, 0.3) is 0 Å². The zero-order valence-corrected chi connectivity index (χ0v) is 22.3. The molecule has 3 saturated carbocycles. The van der Waals surface area contributed by atoms with Gasteiger partial charge in [-0.05, 0) is 96.2 Å². The molecular formula is C31H52O. The summed E-state index contributed by atoms with van der Waals surface area (Å²) in [6.07, 6.45) is 17.7. The fourth-order valence-electron chi connectivity index (χ4n) is 9.97. The summed E-state index contributed by atoms with van der Waals surface area (Å²) in [5, 5.41) is 11.0. The Morgan fingerprint density at radius 1 is 1.06 bits per heavy atom. The van der Waals surface area contributed by atoms with Gasteiger partial charge in [-0.3, -0.25) is 0 Å². The van der Waals surface area contributed by atoms with E-state index in [2.05, 4.69) is 67.2 Å². The van der Waals surface area contributed by atoms with Crippen molar-refractivity contribution >= 4 is 0 Å². The van der Waals surface area contributed by atoms with Crippen LogP contribution < -0.4 is 0 Å². The highest BCUT2D eigenvalue weighted by Gasteiger charge is 2.66. The first kappa shape index (κ1) is 24.6. The third-order valence-electron chi connectivity index (χ3n) is 12.6. The molecule has 10 atom stereocenters. The molecule has 0 aromatic rings. The molecule has 1 N–H and O–H groups in total. The Kier molecular flexibility index (Phi) is 6.36. The number of aliphatic hydroxyl groups is 1. The zero-order valence-electron chi connectivity index (χ0n) is 22.3. The molecular weight excluding hydrogens is 388 g/mol. The minimum Gasteiger partial charge on any atom is -0.393 e. The van der Waals surface area contributed by atoms with E-state index in [0.29, 0.717) is 29.1 Å². The minimum atomic E-state index is -0.135. The van der Waals surface area contributed by atoms with Crippen molar-refractivity contribution in [3.05, 3.63) is 24.3 Å². The van der Waals surface area contributed by atoms with Gasteiger partial charge in [-0.1, -0.05) is 85.5 Å². The third-order valence-corrected chi connectivity index (χ3v) is 12.6. The highest BCUT2D eigenvalue weighted by atomic mass is 16.3. The Labute approximate surface area is 199 Å². The number of allylic oxidation sites excluding steroid dienone is 3. The lowest BCUT2D eigenvalue weighted by molar-refractivity contribution is -0.187. The molecule has 0 bridgehead atoms. The number of hydrogen-bond acceptors (Lipinski definition) is 1. The summed E-state index contributed by atoms with van der Waals surface area (Å²) in [6, 6.07) is 0. The van der Waals surface area contributed by atoms with Gasteiger partial charge in [-0.25, -0.2) is 0 Å². The Morgan fingerprint density at radius 2 is 1.78 bits per heavy atom. The first-order valence-electron chi connectivity index (χ1n) is 14.0. The van der Waals surface area contributed by atoms with Crippen molar-refractivity contribution in [1.29, 1.82) is 0 Å². The number of hydrogen-bond donors (Lipinski definition) is 1. The quantitative estimate of drug-likeness (QED) is 0.335. The Balaban J connectivity index is 1.70. The molecule has 0 radical (unpaired) electrons. The van der Waals surface area contributed by atoms with Gasteiger partial charge in [0.15, 0.2) is 0 Å². The highest BCUT2D eigenvalue weighted by Crippen LogP contribution is 2.73. The topological polar surface area (TPSA) is 20.2 Å². The van der Waals surface area contributed by atoms with Gasteiger partial charge in [0, 0.05) is 0 Å². The van der Waals surface area contributed by atoms with Gasteiger partial charge in [-0.15, -0.1) is 6.58 Å². The molecule has 182 valence electrons. The monoisotopic (exact) mass is 440 g/mol. The van der Waals surface area contributed by atoms with Crippen LogP contribution in [-0.2, 0) is 0 Å². The minimum absolute atomic E-state index is 0.135. The standard InChI is InChI=1S/C31H52O/c1-9-11-12-16-31(10-2)19-18-29(7)25(23(31)5)13-14-27-28(6)20-26(32)22(4)21(3)24(28)15-17-30(27,29)8/h10,13,21-24,26-27,32H,2,9,11-12,14-20H2,1,3-8H3/t21-,22+,23?,24?,26+,27?,28-,29+,30+,31+/m0/s1. The van der Waals surface area contributed by atoms with Crippen LogP contribution in [0.4, 0.5) is 0 Å². The predicted molar refractivity (Wildman–Crippen MR) is 137 cm³/mol. The maximum absolute atomic E-state index is 11.0. The van der Waals surface area contributed by atoms with Gasteiger partial charge >= 0.3 is 0 Å². The van der Waals surface area contributed by atoms with Crippen molar-refractivity contribution in [2.45, 2.75) is 119 Å². The smallest absolute Gasteiger partial charge is 0.0573 e. The van der Waals surface area contributed by atoms with E-state index in [9.17, 15) is 5.11 Å². The van der Waals surface area contributed by atoms with Gasteiger partial charge in [-0.2, -0.15) is 0 Å². The van der Waals surface area contributed by atoms with Crippen LogP contribution in [0, 0.1) is 51.2 Å². The lowest BCUT2D eigenvalue weighted by Crippen LogP contribution is -2.63. The number of aliphatic hydroxyl groups excluding tert-OH is 1. The summed E-state index contributed by atoms with van der Waals surface area (Å²) in [6.45, 7) is 21.8. The summed E-state index contributed by atoms with van der Waals surface area (Å²) in [5.74, 6) is 3.13. The predicted octanol–water partition coefficient (Wildman–Crippen LogP) is 8.58. The van der Waals surface area contributed by atoms with Gasteiger partial charge in [0.05, 0.1) is 6.10 Å². The highest BCUT2D eigenvalue weighted by molar-refractivity contribution is 5.33. The third kappa shape index (κ3) is 3.19. The average Bonchev–Trinajstić information content (AvgIpc) is 2.75. The average molecular weight is 441 g/mol. The second-order valence-corrected chi connectivity index (χ2v) is 13.5. The molecule has 0 saturated heterocycles. The summed E-state index contributed by atoms with van der Waals surface area (Å²) in [4.78, 5) is 0. The fourth-order valence-corrected chi connectivity index (χ4v) is 9.97. The van der Waals surface area contributed by atoms with Crippen molar-refractivity contribution in [2.75, 3.05) is 0 Å². The lowest BCUT2D eigenvalue weighted by atomic mass is 9.35. The summed E-state index contributed by atoms with van der Waals surface area (Å²) >= 11 is 0. The molecule has 4 aliphatic rings. The molecule has 4 aliphatic carbocycles. The van der Waals surface area contributed by atoms with Crippen molar-refractivity contribution in [2.24, 2.45) is 51.2 Å². The van der Waals surface area contributed by atoms with E-state index in [1.165, 1.54) is 57.8 Å². The zero-order chi connectivity index (χ0) is 23.5. The Hall–Kier alpha value is -0.560. The fraction of sp³-hybridized carbons (Fsp3) is 0.871. The summed E-state index contributed by atoms with van der Waals surface area (Å²) in [5.41, 5.74) is 2.94. The van der Waals surface area contributed by atoms with E-state index in [1.54, 1.807) is 5.57 Å². The van der Waals surface area contributed by atoms with Crippen LogP contribution in [0.15, 0.2) is 24.3 Å². The molecule has 32 heavy (non-hydrogen) atoms. The van der Waals surface area contributed by atoms with Crippen LogP contribution in [0.3, 0.4) is 0 Å². The largest absolute Gasteiger partial charge is 0.393 e. The van der Waals surface area contributed by atoms with Crippen LogP contribution in [0.1, 0.15) is 113 Å². The lowest BCUT2D eigenvalue weighted by Gasteiger charge is -2.70. The molecule has 1 heteroatoms. The first-order chi connectivity index (χ1) is 15.0. The maximum atomic E-state index is 11.0. The van der Waals surface area contributed by atoms with E-state index in [-0.39, 0.29) is 22.3 Å². The van der Waals surface area contributed by atoms with Crippen LogP contribution >= 0.6 is 0 Å². The first-order valence-corrected chi connectivity index (χ1v) is 14.0. The molecule has 3 unspecified atom stereocenters. The van der Waals surface area contributed by atoms with E-state index in [4.69, 9.17) is 0 Å². The van der Waals surface area contributed by atoms with Crippen molar-refractivity contribution in [3.63, 3.8) is 0 Å². The van der Waals surface area contributed by atoms with Gasteiger partial charge in [0.1, 0.15) is 0 Å². The number of fused-ring (bicyclic) bond motifs is 5. The van der Waals surface area contributed by atoms with Crippen LogP contribution in [0.5, 0.6) is 0 Å². The van der Waals surface area contributed by atoms with Gasteiger partial charge in [0.2, 0.25) is 0 Å². The summed E-state index contributed by atoms with van der Waals surface area (Å²) in [7, 11) is 0. The van der Waals surface area contributed by atoms with Crippen molar-refractivity contribution in [3.8, 4) is 0 Å². The van der Waals surface area contributed by atoms with Crippen LogP contribution in [0.2, 0.25) is 0 Å². The van der Waals surface area contributed by atoms with E-state index in [0.717, 1.165) is 12.3 Å². The maximum Gasteiger partial charge on any atom is 0.0573 e. The van der Waals surface area contributed by atoms with E-state index < -0.39 is 0 Å². The molecule has 1 nitrogen and oxygen atoms in total. The van der Waals surface area contributed by atoms with Crippen molar-refractivity contribution in [1.82, 2.24) is 0 Å².